The van der Waals surface area contributed by atoms with Gasteiger partial charge in [-0.15, -0.1) is 0 Å². The third-order valence-corrected chi connectivity index (χ3v) is 6.04. The zero-order valence-electron chi connectivity index (χ0n) is 14.0. The summed E-state index contributed by atoms with van der Waals surface area (Å²) in [4.78, 5) is 0. The van der Waals surface area contributed by atoms with Crippen molar-refractivity contribution in [1.29, 1.82) is 0 Å². The van der Waals surface area contributed by atoms with Gasteiger partial charge in [0.25, 0.3) is 0 Å². The lowest BCUT2D eigenvalue weighted by Crippen LogP contribution is -1.71. The molecule has 0 aliphatic heterocycles. The molecule has 7 aromatic carbocycles. The Balaban J connectivity index is 1.85. The normalized spacial score (nSPS) is 12.6. The SMILES string of the molecule is [c]1ccc2cccc3c4cc5c(cc4c1c23)c1cccc2cccc5c21. The largest absolute Gasteiger partial charge is 0.0610 e. The van der Waals surface area contributed by atoms with E-state index in [9.17, 15) is 0 Å². The number of fused-ring (bicyclic) bond motifs is 6. The molecule has 0 aliphatic carbocycles. The van der Waals surface area contributed by atoms with Gasteiger partial charge < -0.3 is 0 Å². The Hall–Kier alpha value is -3.38. The maximum absolute atomic E-state index is 3.51. The van der Waals surface area contributed by atoms with Crippen molar-refractivity contribution in [3.8, 4) is 0 Å². The third kappa shape index (κ3) is 1.35. The maximum Gasteiger partial charge on any atom is -0.00139 e. The van der Waals surface area contributed by atoms with E-state index in [1.807, 2.05) is 0 Å². The van der Waals surface area contributed by atoms with Crippen LogP contribution in [0.25, 0.3) is 64.6 Å². The lowest BCUT2D eigenvalue weighted by Gasteiger charge is -1.97. The van der Waals surface area contributed by atoms with Crippen LogP contribution in [0.4, 0.5) is 0 Å². The summed E-state index contributed by atoms with van der Waals surface area (Å²) in [6.07, 6.45) is 0. The van der Waals surface area contributed by atoms with Crippen LogP contribution >= 0.6 is 0 Å². The molecule has 0 aromatic heterocycles. The Morgan fingerprint density at radius 2 is 1.00 bits per heavy atom. The van der Waals surface area contributed by atoms with E-state index in [1.54, 1.807) is 0 Å². The third-order valence-electron chi connectivity index (χ3n) is 6.04. The lowest BCUT2D eigenvalue weighted by atomic mass is 10.1. The van der Waals surface area contributed by atoms with Gasteiger partial charge in [-0.05, 0) is 82.8 Å². The Bertz CT molecular complexity index is 1380. The molecule has 0 spiro atoms. The molecule has 0 fully saturated rings. The van der Waals surface area contributed by atoms with Crippen molar-refractivity contribution in [2.45, 2.75) is 0 Å². The summed E-state index contributed by atoms with van der Waals surface area (Å²) in [5.74, 6) is 0. The van der Waals surface area contributed by atoms with E-state index in [-0.39, 0.29) is 0 Å². The second-order valence-electron chi connectivity index (χ2n) is 7.28. The molecule has 0 amide bonds. The standard InChI is InChI=1S/C26H13/c1-5-15-6-2-10-18-22-14-24-20-12-4-8-16-7-3-11-19(26(16)20)23(24)13-21(22)17(9-1)25(15)18/h1-11,13-14H. The lowest BCUT2D eigenvalue weighted by molar-refractivity contribution is 1.84. The molecule has 1 radical (unpaired) electrons. The summed E-state index contributed by atoms with van der Waals surface area (Å²) in [5.41, 5.74) is 0. The summed E-state index contributed by atoms with van der Waals surface area (Å²) in [6.45, 7) is 0. The van der Waals surface area contributed by atoms with Gasteiger partial charge in [-0.3, -0.25) is 0 Å². The highest BCUT2D eigenvalue weighted by molar-refractivity contribution is 6.37. The second kappa shape index (κ2) is 4.23. The molecule has 0 bridgehead atoms. The summed E-state index contributed by atoms with van der Waals surface area (Å²) in [7, 11) is 0. The number of rotatable bonds is 0. The highest BCUT2D eigenvalue weighted by Gasteiger charge is 2.16. The first-order valence-electron chi connectivity index (χ1n) is 9.05. The monoisotopic (exact) mass is 325 g/mol. The highest BCUT2D eigenvalue weighted by atomic mass is 14.2. The van der Waals surface area contributed by atoms with Gasteiger partial charge in [0.05, 0.1) is 0 Å². The van der Waals surface area contributed by atoms with Gasteiger partial charge in [0.2, 0.25) is 0 Å². The van der Waals surface area contributed by atoms with Gasteiger partial charge in [0, 0.05) is 0 Å². The van der Waals surface area contributed by atoms with E-state index >= 15 is 0 Å². The van der Waals surface area contributed by atoms with Crippen LogP contribution in [0, 0.1) is 6.07 Å². The van der Waals surface area contributed by atoms with Crippen molar-refractivity contribution in [2.24, 2.45) is 0 Å². The van der Waals surface area contributed by atoms with Gasteiger partial charge >= 0.3 is 0 Å². The first kappa shape index (κ1) is 12.9. The Labute approximate surface area is 149 Å². The molecule has 0 saturated heterocycles. The highest BCUT2D eigenvalue weighted by Crippen LogP contribution is 2.44. The average molecular weight is 325 g/mol. The molecule has 0 nitrogen and oxygen atoms in total. The zero-order valence-corrected chi connectivity index (χ0v) is 14.0. The molecule has 0 heterocycles. The predicted octanol–water partition coefficient (Wildman–Crippen LogP) is 7.28. The predicted molar refractivity (Wildman–Crippen MR) is 113 cm³/mol. The molecule has 7 aromatic rings. The molecule has 7 rings (SSSR count). The van der Waals surface area contributed by atoms with E-state index in [0.29, 0.717) is 0 Å². The molecule has 0 heteroatoms. The number of benzene rings is 5. The Morgan fingerprint density at radius 3 is 1.69 bits per heavy atom. The van der Waals surface area contributed by atoms with Gasteiger partial charge in [-0.1, -0.05) is 66.7 Å². The summed E-state index contributed by atoms with van der Waals surface area (Å²) >= 11 is 0. The maximum atomic E-state index is 3.51. The molecule has 0 atom stereocenters. The molecular weight excluding hydrogens is 312 g/mol. The van der Waals surface area contributed by atoms with Crippen molar-refractivity contribution in [3.63, 3.8) is 0 Å². The van der Waals surface area contributed by atoms with Crippen LogP contribution in [0.1, 0.15) is 0 Å². The van der Waals surface area contributed by atoms with Crippen LogP contribution in [-0.4, -0.2) is 0 Å². The molecular formula is C26H13. The van der Waals surface area contributed by atoms with E-state index in [1.165, 1.54) is 64.6 Å². The number of hydrogen-bond acceptors (Lipinski definition) is 0. The molecule has 0 saturated carbocycles. The van der Waals surface area contributed by atoms with Crippen LogP contribution < -0.4 is 0 Å². The van der Waals surface area contributed by atoms with Crippen molar-refractivity contribution >= 4 is 64.6 Å². The fourth-order valence-electron chi connectivity index (χ4n) is 4.98. The van der Waals surface area contributed by atoms with E-state index < -0.39 is 0 Å². The second-order valence-corrected chi connectivity index (χ2v) is 7.28. The van der Waals surface area contributed by atoms with Gasteiger partial charge in [0.15, 0.2) is 0 Å². The zero-order chi connectivity index (χ0) is 16.8. The molecule has 0 N–H and O–H groups in total. The molecule has 0 unspecified atom stereocenters. The summed E-state index contributed by atoms with van der Waals surface area (Å²) < 4.78 is 0. The first-order valence-corrected chi connectivity index (χ1v) is 9.05. The molecule has 0 aliphatic rings. The topological polar surface area (TPSA) is 0 Å². The smallest absolute Gasteiger partial charge is 0.00139 e. The van der Waals surface area contributed by atoms with E-state index in [2.05, 4.69) is 84.9 Å². The minimum absolute atomic E-state index is 1.25. The van der Waals surface area contributed by atoms with Crippen molar-refractivity contribution < 1.29 is 0 Å². The minimum atomic E-state index is 1.25. The summed E-state index contributed by atoms with van der Waals surface area (Å²) in [5, 5.41) is 16.1. The Kier molecular flexibility index (Phi) is 2.10. The van der Waals surface area contributed by atoms with Gasteiger partial charge in [-0.25, -0.2) is 0 Å². The fourth-order valence-corrected chi connectivity index (χ4v) is 4.98. The fraction of sp³-hybridized carbons (Fsp3) is 0. The van der Waals surface area contributed by atoms with Gasteiger partial charge in [-0.2, -0.15) is 0 Å². The van der Waals surface area contributed by atoms with E-state index in [0.717, 1.165) is 0 Å². The quantitative estimate of drug-likeness (QED) is 0.275. The van der Waals surface area contributed by atoms with E-state index in [4.69, 9.17) is 0 Å². The van der Waals surface area contributed by atoms with Crippen molar-refractivity contribution in [1.82, 2.24) is 0 Å². The Morgan fingerprint density at radius 1 is 0.462 bits per heavy atom. The van der Waals surface area contributed by atoms with Crippen LogP contribution in [-0.2, 0) is 0 Å². The average Bonchev–Trinajstić information content (AvgIpc) is 3.18. The van der Waals surface area contributed by atoms with Crippen LogP contribution in [0.5, 0.6) is 0 Å². The number of hydrogen-bond donors (Lipinski definition) is 0. The van der Waals surface area contributed by atoms with Crippen LogP contribution in [0.15, 0.2) is 78.9 Å². The summed E-state index contributed by atoms with van der Waals surface area (Å²) in [6, 6.07) is 32.4. The minimum Gasteiger partial charge on any atom is -0.0610 e. The first-order chi connectivity index (χ1) is 12.9. The van der Waals surface area contributed by atoms with Crippen LogP contribution in [0.2, 0.25) is 0 Å². The van der Waals surface area contributed by atoms with Crippen molar-refractivity contribution in [3.05, 3.63) is 84.9 Å². The molecule has 117 valence electrons. The van der Waals surface area contributed by atoms with Crippen LogP contribution in [0.3, 0.4) is 0 Å². The molecule has 26 heavy (non-hydrogen) atoms. The van der Waals surface area contributed by atoms with Crippen molar-refractivity contribution in [2.75, 3.05) is 0 Å². The van der Waals surface area contributed by atoms with Gasteiger partial charge in [0.1, 0.15) is 0 Å².